The fourth-order valence-corrected chi connectivity index (χ4v) is 2.78. The summed E-state index contributed by atoms with van der Waals surface area (Å²) < 4.78 is 14.5. The highest BCUT2D eigenvalue weighted by atomic mass is 32.2. The van der Waals surface area contributed by atoms with Gasteiger partial charge in [-0.1, -0.05) is 25.5 Å². The number of hydrogen-bond donors (Lipinski definition) is 2. The third-order valence-corrected chi connectivity index (χ3v) is 4.94. The van der Waals surface area contributed by atoms with Crippen molar-refractivity contribution in [3.63, 3.8) is 0 Å². The van der Waals surface area contributed by atoms with Gasteiger partial charge in [0, 0.05) is 30.0 Å². The summed E-state index contributed by atoms with van der Waals surface area (Å²) in [7, 11) is 0. The van der Waals surface area contributed by atoms with E-state index in [0.717, 1.165) is 19.3 Å². The first-order chi connectivity index (χ1) is 11.0. The van der Waals surface area contributed by atoms with Crippen molar-refractivity contribution in [1.82, 2.24) is 10.0 Å². The molecule has 0 bridgehead atoms. The monoisotopic (exact) mass is 338 g/mol. The smallest absolute Gasteiger partial charge is 0.251 e. The topological polar surface area (TPSA) is 64.2 Å². The van der Waals surface area contributed by atoms with Crippen LogP contribution in [0, 0.1) is 0 Å². The van der Waals surface area contributed by atoms with Crippen molar-refractivity contribution in [2.45, 2.75) is 58.1 Å². The Bertz CT molecular complexity index is 449. The van der Waals surface area contributed by atoms with Crippen LogP contribution >= 0.6 is 0 Å². The lowest BCUT2D eigenvalue weighted by Crippen LogP contribution is -2.32. The zero-order valence-electron chi connectivity index (χ0n) is 14.6. The molecule has 1 aromatic carbocycles. The Morgan fingerprint density at radius 3 is 2.39 bits per heavy atom. The van der Waals surface area contributed by atoms with Gasteiger partial charge in [-0.05, 0) is 57.2 Å². The van der Waals surface area contributed by atoms with Crippen molar-refractivity contribution in [3.8, 4) is 0 Å². The van der Waals surface area contributed by atoms with Crippen LogP contribution in [0.25, 0.3) is 0 Å². The fourth-order valence-electron chi connectivity index (χ4n) is 2.10. The molecular weight excluding hydrogens is 308 g/mol. The fraction of sp³-hybridized carbons (Fsp3) is 0.611. The Morgan fingerprint density at radius 2 is 1.78 bits per heavy atom. The van der Waals surface area contributed by atoms with Crippen LogP contribution in [0.2, 0.25) is 0 Å². The number of carbonyl (C=O) groups excluding carboxylic acids is 1. The minimum absolute atomic E-state index is 0.0224. The molecule has 0 aliphatic carbocycles. The molecule has 1 unspecified atom stereocenters. The molecule has 0 spiro atoms. The molecule has 0 saturated heterocycles. The predicted octanol–water partition coefficient (Wildman–Crippen LogP) is 3.20. The number of rotatable bonds is 11. The number of hydrogen-bond acceptors (Lipinski definition) is 3. The third kappa shape index (κ3) is 8.39. The van der Waals surface area contributed by atoms with Gasteiger partial charge in [0.05, 0.1) is 0 Å². The maximum Gasteiger partial charge on any atom is 0.251 e. The Kier molecular flexibility index (Phi) is 9.99. The largest absolute Gasteiger partial charge is 0.598 e. The van der Waals surface area contributed by atoms with E-state index < -0.39 is 11.4 Å². The number of carbonyl (C=O) groups is 1. The molecule has 23 heavy (non-hydrogen) atoms. The molecule has 0 saturated carbocycles. The zero-order chi connectivity index (χ0) is 17.1. The highest BCUT2D eigenvalue weighted by Crippen LogP contribution is 2.08. The molecule has 130 valence electrons. The number of aryl methyl sites for hydroxylation is 1. The standard InChI is InChI=1S/C18H30N2O2S/c1-4-5-8-16-9-11-17(12-10-16)18(21)19-13-6-7-14-20-23(22)15(2)3/h9-12,15,20H,4-8,13-14H2,1-3H3,(H,19,21). The quantitative estimate of drug-likeness (QED) is 0.481. The van der Waals surface area contributed by atoms with Crippen LogP contribution in [0.15, 0.2) is 24.3 Å². The van der Waals surface area contributed by atoms with Crippen molar-refractivity contribution in [2.24, 2.45) is 0 Å². The molecule has 4 nitrogen and oxygen atoms in total. The van der Waals surface area contributed by atoms with Crippen LogP contribution in [0.4, 0.5) is 0 Å². The van der Waals surface area contributed by atoms with E-state index in [2.05, 4.69) is 17.0 Å². The summed E-state index contributed by atoms with van der Waals surface area (Å²) in [5.74, 6) is -0.0224. The highest BCUT2D eigenvalue weighted by Gasteiger charge is 2.10. The lowest BCUT2D eigenvalue weighted by atomic mass is 10.1. The second-order valence-corrected chi connectivity index (χ2v) is 7.83. The van der Waals surface area contributed by atoms with Crippen LogP contribution in [-0.2, 0) is 17.8 Å². The minimum atomic E-state index is -0.958. The van der Waals surface area contributed by atoms with E-state index in [1.165, 1.54) is 18.4 Å². The first kappa shape index (κ1) is 20.0. The maximum atomic E-state index is 12.0. The van der Waals surface area contributed by atoms with Gasteiger partial charge in [-0.15, -0.1) is 4.72 Å². The normalized spacial score (nSPS) is 12.4. The second-order valence-electron chi connectivity index (χ2n) is 6.00. The van der Waals surface area contributed by atoms with Gasteiger partial charge in [0.1, 0.15) is 5.25 Å². The molecule has 1 rings (SSSR count). The molecule has 0 aliphatic rings. The van der Waals surface area contributed by atoms with Crippen molar-refractivity contribution in [1.29, 1.82) is 0 Å². The number of unbranched alkanes of at least 4 members (excludes halogenated alkanes) is 2. The van der Waals surface area contributed by atoms with E-state index in [-0.39, 0.29) is 11.2 Å². The summed E-state index contributed by atoms with van der Waals surface area (Å²) in [4.78, 5) is 12.0. The number of nitrogens with one attached hydrogen (secondary N) is 2. The van der Waals surface area contributed by atoms with Gasteiger partial charge in [0.15, 0.2) is 0 Å². The van der Waals surface area contributed by atoms with Crippen LogP contribution in [0.3, 0.4) is 0 Å². The molecule has 0 aliphatic heterocycles. The van der Waals surface area contributed by atoms with E-state index in [9.17, 15) is 9.35 Å². The Labute approximate surface area is 143 Å². The first-order valence-corrected chi connectivity index (χ1v) is 9.77. The zero-order valence-corrected chi connectivity index (χ0v) is 15.4. The Hall–Kier alpha value is -1.04. The number of amides is 1. The molecule has 2 N–H and O–H groups in total. The summed E-state index contributed by atoms with van der Waals surface area (Å²) in [6.45, 7) is 7.39. The van der Waals surface area contributed by atoms with Gasteiger partial charge < -0.3 is 9.87 Å². The molecule has 5 heteroatoms. The minimum Gasteiger partial charge on any atom is -0.598 e. The van der Waals surface area contributed by atoms with Crippen LogP contribution in [0.5, 0.6) is 0 Å². The summed E-state index contributed by atoms with van der Waals surface area (Å²) in [5, 5.41) is 3.06. The summed E-state index contributed by atoms with van der Waals surface area (Å²) in [6, 6.07) is 7.87. The molecule has 0 fully saturated rings. The van der Waals surface area contributed by atoms with Crippen molar-refractivity contribution < 1.29 is 9.35 Å². The van der Waals surface area contributed by atoms with Gasteiger partial charge in [-0.3, -0.25) is 4.79 Å². The first-order valence-electron chi connectivity index (χ1n) is 8.55. The van der Waals surface area contributed by atoms with Gasteiger partial charge in [-0.25, -0.2) is 0 Å². The highest BCUT2D eigenvalue weighted by molar-refractivity contribution is 7.90. The molecule has 0 aromatic heterocycles. The van der Waals surface area contributed by atoms with Gasteiger partial charge >= 0.3 is 0 Å². The molecule has 1 aromatic rings. The van der Waals surface area contributed by atoms with Crippen LogP contribution in [-0.4, -0.2) is 28.8 Å². The molecular formula is C18H30N2O2S. The van der Waals surface area contributed by atoms with Crippen LogP contribution in [0.1, 0.15) is 62.4 Å². The Morgan fingerprint density at radius 1 is 1.13 bits per heavy atom. The Balaban J connectivity index is 2.18. The molecule has 0 radical (unpaired) electrons. The average Bonchev–Trinajstić information content (AvgIpc) is 2.55. The lowest BCUT2D eigenvalue weighted by Gasteiger charge is -2.14. The summed E-state index contributed by atoms with van der Waals surface area (Å²) in [6.07, 6.45) is 5.21. The number of benzene rings is 1. The second kappa shape index (κ2) is 11.5. The van der Waals surface area contributed by atoms with Gasteiger partial charge in [0.2, 0.25) is 0 Å². The lowest BCUT2D eigenvalue weighted by molar-refractivity contribution is 0.0953. The maximum absolute atomic E-state index is 12.0. The average molecular weight is 339 g/mol. The SMILES string of the molecule is CCCCc1ccc(C(=O)NCCCCN[S+]([O-])C(C)C)cc1. The molecule has 1 atom stereocenters. The van der Waals surface area contributed by atoms with E-state index in [1.807, 2.05) is 38.1 Å². The van der Waals surface area contributed by atoms with Gasteiger partial charge in [0.25, 0.3) is 5.91 Å². The van der Waals surface area contributed by atoms with E-state index in [1.54, 1.807) is 0 Å². The van der Waals surface area contributed by atoms with Crippen molar-refractivity contribution in [3.05, 3.63) is 35.4 Å². The van der Waals surface area contributed by atoms with Crippen molar-refractivity contribution in [2.75, 3.05) is 13.1 Å². The predicted molar refractivity (Wildman–Crippen MR) is 97.9 cm³/mol. The van der Waals surface area contributed by atoms with Crippen molar-refractivity contribution >= 4 is 17.3 Å². The van der Waals surface area contributed by atoms with E-state index >= 15 is 0 Å². The third-order valence-electron chi connectivity index (χ3n) is 3.60. The van der Waals surface area contributed by atoms with E-state index in [4.69, 9.17) is 0 Å². The van der Waals surface area contributed by atoms with Gasteiger partial charge in [-0.2, -0.15) is 0 Å². The van der Waals surface area contributed by atoms with E-state index in [0.29, 0.717) is 18.7 Å². The summed E-state index contributed by atoms with van der Waals surface area (Å²) >= 11 is -0.958. The molecule has 1 amide bonds. The molecule has 0 heterocycles. The summed E-state index contributed by atoms with van der Waals surface area (Å²) in [5.41, 5.74) is 2.00. The van der Waals surface area contributed by atoms with Crippen LogP contribution < -0.4 is 10.0 Å².